The molecule has 27 heavy (non-hydrogen) atoms. The van der Waals surface area contributed by atoms with Crippen molar-refractivity contribution in [2.45, 2.75) is 13.5 Å². The molecule has 3 aromatic rings. The van der Waals surface area contributed by atoms with E-state index in [1.54, 1.807) is 11.3 Å². The molecule has 1 aromatic heterocycles. The van der Waals surface area contributed by atoms with Crippen molar-refractivity contribution < 1.29 is 9.53 Å². The summed E-state index contributed by atoms with van der Waals surface area (Å²) in [6.07, 6.45) is 0. The van der Waals surface area contributed by atoms with Gasteiger partial charge in [-0.2, -0.15) is 0 Å². The SMILES string of the molecule is Cc1nc(CN2CCN(C(=O)COc3ccc4ccccc4c3)CC2)cs1. The molecule has 1 aliphatic heterocycles. The van der Waals surface area contributed by atoms with Crippen molar-refractivity contribution in [2.75, 3.05) is 32.8 Å². The summed E-state index contributed by atoms with van der Waals surface area (Å²) < 4.78 is 5.74. The second-order valence-electron chi connectivity index (χ2n) is 6.81. The van der Waals surface area contributed by atoms with E-state index in [9.17, 15) is 4.79 Å². The van der Waals surface area contributed by atoms with Crippen molar-refractivity contribution in [2.24, 2.45) is 0 Å². The molecule has 5 nitrogen and oxygen atoms in total. The number of rotatable bonds is 5. The highest BCUT2D eigenvalue weighted by molar-refractivity contribution is 7.09. The minimum Gasteiger partial charge on any atom is -0.484 e. The highest BCUT2D eigenvalue weighted by Crippen LogP contribution is 2.20. The van der Waals surface area contributed by atoms with Crippen LogP contribution < -0.4 is 4.74 Å². The Morgan fingerprint density at radius 1 is 1.11 bits per heavy atom. The van der Waals surface area contributed by atoms with Crippen LogP contribution in [0.15, 0.2) is 47.8 Å². The molecule has 6 heteroatoms. The van der Waals surface area contributed by atoms with Gasteiger partial charge in [-0.3, -0.25) is 9.69 Å². The van der Waals surface area contributed by atoms with Crippen molar-refractivity contribution in [3.8, 4) is 5.75 Å². The lowest BCUT2D eigenvalue weighted by Gasteiger charge is -2.34. The van der Waals surface area contributed by atoms with Crippen molar-refractivity contribution >= 4 is 28.0 Å². The Kier molecular flexibility index (Phi) is 5.36. The van der Waals surface area contributed by atoms with E-state index >= 15 is 0 Å². The molecule has 2 heterocycles. The van der Waals surface area contributed by atoms with E-state index in [4.69, 9.17) is 4.74 Å². The van der Waals surface area contributed by atoms with Crippen LogP contribution >= 0.6 is 11.3 Å². The first-order chi connectivity index (χ1) is 13.2. The molecule has 1 aliphatic rings. The van der Waals surface area contributed by atoms with Crippen molar-refractivity contribution in [3.05, 3.63) is 58.5 Å². The largest absolute Gasteiger partial charge is 0.484 e. The summed E-state index contributed by atoms with van der Waals surface area (Å²) in [5.74, 6) is 0.784. The van der Waals surface area contributed by atoms with Gasteiger partial charge in [0.15, 0.2) is 6.61 Å². The molecule has 0 atom stereocenters. The van der Waals surface area contributed by atoms with Crippen LogP contribution in [-0.2, 0) is 11.3 Å². The van der Waals surface area contributed by atoms with Crippen LogP contribution in [0.25, 0.3) is 10.8 Å². The molecule has 4 rings (SSSR count). The Balaban J connectivity index is 1.26. The zero-order chi connectivity index (χ0) is 18.6. The zero-order valence-corrected chi connectivity index (χ0v) is 16.2. The zero-order valence-electron chi connectivity index (χ0n) is 15.4. The second-order valence-corrected chi connectivity index (χ2v) is 7.87. The first-order valence-electron chi connectivity index (χ1n) is 9.20. The third-order valence-electron chi connectivity index (χ3n) is 4.86. The average molecular weight is 382 g/mol. The maximum Gasteiger partial charge on any atom is 0.260 e. The average Bonchev–Trinajstić information content (AvgIpc) is 3.11. The summed E-state index contributed by atoms with van der Waals surface area (Å²) in [7, 11) is 0. The topological polar surface area (TPSA) is 45.7 Å². The van der Waals surface area contributed by atoms with Gasteiger partial charge >= 0.3 is 0 Å². The molecule has 0 saturated carbocycles. The smallest absolute Gasteiger partial charge is 0.260 e. The Bertz CT molecular complexity index is 932. The fourth-order valence-corrected chi connectivity index (χ4v) is 3.96. The summed E-state index contributed by atoms with van der Waals surface area (Å²) in [5, 5.41) is 5.50. The second kappa shape index (κ2) is 8.06. The fourth-order valence-electron chi connectivity index (χ4n) is 3.36. The minimum atomic E-state index is 0.0484. The van der Waals surface area contributed by atoms with Gasteiger partial charge in [-0.05, 0) is 29.8 Å². The van der Waals surface area contributed by atoms with Gasteiger partial charge in [-0.25, -0.2) is 4.98 Å². The maximum atomic E-state index is 12.5. The van der Waals surface area contributed by atoms with Gasteiger partial charge < -0.3 is 9.64 Å². The monoisotopic (exact) mass is 381 g/mol. The molecule has 1 amide bonds. The summed E-state index contributed by atoms with van der Waals surface area (Å²) in [5.41, 5.74) is 1.12. The number of hydrogen-bond acceptors (Lipinski definition) is 5. The predicted molar refractivity (Wildman–Crippen MR) is 108 cm³/mol. The Morgan fingerprint density at radius 3 is 2.63 bits per heavy atom. The number of nitrogens with zero attached hydrogens (tertiary/aromatic N) is 3. The molecular weight excluding hydrogens is 358 g/mol. The van der Waals surface area contributed by atoms with Gasteiger partial charge in [0.25, 0.3) is 5.91 Å². The van der Waals surface area contributed by atoms with Crippen molar-refractivity contribution in [1.82, 2.24) is 14.8 Å². The summed E-state index contributed by atoms with van der Waals surface area (Å²) in [6, 6.07) is 14.1. The normalized spacial score (nSPS) is 15.2. The van der Waals surface area contributed by atoms with Crippen LogP contribution in [0, 0.1) is 6.92 Å². The van der Waals surface area contributed by atoms with E-state index in [0.29, 0.717) is 0 Å². The maximum absolute atomic E-state index is 12.5. The van der Waals surface area contributed by atoms with Crippen LogP contribution in [0.2, 0.25) is 0 Å². The van der Waals surface area contributed by atoms with Gasteiger partial charge in [0.05, 0.1) is 10.7 Å². The van der Waals surface area contributed by atoms with Crippen molar-refractivity contribution in [3.63, 3.8) is 0 Å². The van der Waals surface area contributed by atoms with E-state index < -0.39 is 0 Å². The van der Waals surface area contributed by atoms with Gasteiger partial charge in [0.1, 0.15) is 5.75 Å². The number of thiazole rings is 1. The minimum absolute atomic E-state index is 0.0484. The van der Waals surface area contributed by atoms with Gasteiger partial charge in [-0.1, -0.05) is 30.3 Å². The number of ether oxygens (including phenoxy) is 1. The number of amides is 1. The first-order valence-corrected chi connectivity index (χ1v) is 10.1. The van der Waals surface area contributed by atoms with E-state index in [1.165, 1.54) is 5.39 Å². The lowest BCUT2D eigenvalue weighted by molar-refractivity contribution is -0.135. The van der Waals surface area contributed by atoms with Crippen LogP contribution in [-0.4, -0.2) is 53.5 Å². The van der Waals surface area contributed by atoms with Gasteiger partial charge in [-0.15, -0.1) is 11.3 Å². The lowest BCUT2D eigenvalue weighted by Crippen LogP contribution is -2.49. The number of aryl methyl sites for hydroxylation is 1. The molecule has 0 unspecified atom stereocenters. The number of aromatic nitrogens is 1. The number of carbonyl (C=O) groups is 1. The molecule has 0 aliphatic carbocycles. The molecule has 0 radical (unpaired) electrons. The number of piperazine rings is 1. The first kappa shape index (κ1) is 17.9. The number of benzene rings is 2. The summed E-state index contributed by atoms with van der Waals surface area (Å²) >= 11 is 1.68. The van der Waals surface area contributed by atoms with E-state index in [-0.39, 0.29) is 12.5 Å². The lowest BCUT2D eigenvalue weighted by atomic mass is 10.1. The van der Waals surface area contributed by atoms with E-state index in [2.05, 4.69) is 21.3 Å². The van der Waals surface area contributed by atoms with Crippen molar-refractivity contribution in [1.29, 1.82) is 0 Å². The summed E-state index contributed by atoms with van der Waals surface area (Å²) in [4.78, 5) is 21.2. The number of carbonyl (C=O) groups excluding carboxylic acids is 1. The third kappa shape index (κ3) is 4.46. The highest BCUT2D eigenvalue weighted by atomic mass is 32.1. The van der Waals surface area contributed by atoms with E-state index in [1.807, 2.05) is 48.2 Å². The van der Waals surface area contributed by atoms with Crippen LogP contribution in [0.1, 0.15) is 10.7 Å². The molecule has 1 fully saturated rings. The van der Waals surface area contributed by atoms with Crippen LogP contribution in [0.5, 0.6) is 5.75 Å². The molecule has 0 bridgehead atoms. The third-order valence-corrected chi connectivity index (χ3v) is 5.68. The van der Waals surface area contributed by atoms with Crippen LogP contribution in [0.4, 0.5) is 0 Å². The molecule has 140 valence electrons. The molecular formula is C21H23N3O2S. The van der Waals surface area contributed by atoms with E-state index in [0.717, 1.165) is 54.6 Å². The quantitative estimate of drug-likeness (QED) is 0.680. The van der Waals surface area contributed by atoms with Crippen LogP contribution in [0.3, 0.4) is 0 Å². The summed E-state index contributed by atoms with van der Waals surface area (Å²) in [6.45, 7) is 6.20. The standard InChI is InChI=1S/C21H23N3O2S/c1-16-22-19(15-27-16)13-23-8-10-24(11-9-23)21(25)14-26-20-7-6-17-4-2-3-5-18(17)12-20/h2-7,12,15H,8-11,13-14H2,1H3. The predicted octanol–water partition coefficient (Wildman–Crippen LogP) is 3.33. The Labute approximate surface area is 163 Å². The molecule has 2 aromatic carbocycles. The molecule has 0 spiro atoms. The number of hydrogen-bond donors (Lipinski definition) is 0. The van der Waals surface area contributed by atoms with Gasteiger partial charge in [0, 0.05) is 38.1 Å². The van der Waals surface area contributed by atoms with Gasteiger partial charge in [0.2, 0.25) is 0 Å². The number of fused-ring (bicyclic) bond motifs is 1. The molecule has 0 N–H and O–H groups in total. The fraction of sp³-hybridized carbons (Fsp3) is 0.333. The Morgan fingerprint density at radius 2 is 1.89 bits per heavy atom. The molecule has 1 saturated heterocycles. The highest BCUT2D eigenvalue weighted by Gasteiger charge is 2.21. The Hall–Kier alpha value is -2.44.